The van der Waals surface area contributed by atoms with Crippen molar-refractivity contribution in [2.75, 3.05) is 45.9 Å². The molecule has 0 spiro atoms. The number of ether oxygens (including phenoxy) is 1. The minimum atomic E-state index is 0.299. The first-order valence-corrected chi connectivity index (χ1v) is 12.3. The molecule has 0 N–H and O–H groups in total. The molecule has 1 aliphatic carbocycles. The van der Waals surface area contributed by atoms with Gasteiger partial charge in [-0.15, -0.1) is 0 Å². The van der Waals surface area contributed by atoms with Gasteiger partial charge >= 0.3 is 0 Å². The van der Waals surface area contributed by atoms with Crippen LogP contribution in [-0.4, -0.2) is 72.5 Å². The van der Waals surface area contributed by atoms with Gasteiger partial charge in [-0.2, -0.15) is 0 Å². The number of piperazine rings is 1. The number of nitrogens with zero attached hydrogens (tertiary/aromatic N) is 3. The summed E-state index contributed by atoms with van der Waals surface area (Å²) < 4.78 is 5.56. The monoisotopic (exact) mass is 433 g/mol. The highest BCUT2D eigenvalue weighted by molar-refractivity contribution is 5.78. The lowest BCUT2D eigenvalue weighted by atomic mass is 9.91. The molecular formula is C27H35N3O2. The highest BCUT2D eigenvalue weighted by atomic mass is 16.5. The first-order valence-electron chi connectivity index (χ1n) is 12.3. The molecule has 1 saturated carbocycles. The minimum absolute atomic E-state index is 0.299. The third kappa shape index (κ3) is 4.69. The molecule has 3 aliphatic rings. The topological polar surface area (TPSA) is 36.0 Å². The van der Waals surface area contributed by atoms with Gasteiger partial charge in [0, 0.05) is 45.3 Å². The molecule has 5 heteroatoms. The fraction of sp³-hybridized carbons (Fsp3) is 0.519. The van der Waals surface area contributed by atoms with Crippen molar-refractivity contribution in [3.05, 3.63) is 53.6 Å². The molecule has 0 bridgehead atoms. The van der Waals surface area contributed by atoms with Crippen molar-refractivity contribution in [3.8, 4) is 16.9 Å². The van der Waals surface area contributed by atoms with Crippen LogP contribution in [0.25, 0.3) is 11.1 Å². The van der Waals surface area contributed by atoms with Crippen molar-refractivity contribution in [3.63, 3.8) is 0 Å². The van der Waals surface area contributed by atoms with E-state index < -0.39 is 0 Å². The number of amides is 1. The average molecular weight is 434 g/mol. The number of benzene rings is 2. The molecule has 2 fully saturated rings. The summed E-state index contributed by atoms with van der Waals surface area (Å²) in [6.45, 7) is 8.94. The standard InChI is InChI=1S/C27H35N3O2/c1-2-32-26-10-8-21(9-11-26)22-6-7-24-19-28(13-12-23(24)18-22)20-27(31)30-16-14-29(15-17-30)25-4-3-5-25/h6-11,18,25H,2-5,12-17,19-20H2,1H3. The van der Waals surface area contributed by atoms with Crippen LogP contribution in [0.15, 0.2) is 42.5 Å². The molecule has 2 aromatic rings. The maximum Gasteiger partial charge on any atom is 0.236 e. The lowest BCUT2D eigenvalue weighted by Gasteiger charge is -2.43. The summed E-state index contributed by atoms with van der Waals surface area (Å²) in [7, 11) is 0. The van der Waals surface area contributed by atoms with Crippen LogP contribution in [0.4, 0.5) is 0 Å². The van der Waals surface area contributed by atoms with Crippen molar-refractivity contribution < 1.29 is 9.53 Å². The second-order valence-corrected chi connectivity index (χ2v) is 9.40. The third-order valence-corrected chi connectivity index (χ3v) is 7.41. The van der Waals surface area contributed by atoms with Gasteiger partial charge in [-0.25, -0.2) is 0 Å². The van der Waals surface area contributed by atoms with E-state index >= 15 is 0 Å². The van der Waals surface area contributed by atoms with Gasteiger partial charge in [-0.3, -0.25) is 14.6 Å². The van der Waals surface area contributed by atoms with E-state index in [-0.39, 0.29) is 0 Å². The highest BCUT2D eigenvalue weighted by Gasteiger charge is 2.30. The van der Waals surface area contributed by atoms with E-state index in [0.29, 0.717) is 19.1 Å². The molecule has 2 heterocycles. The molecule has 2 aliphatic heterocycles. The quantitative estimate of drug-likeness (QED) is 0.694. The first-order chi connectivity index (χ1) is 15.7. The first kappa shape index (κ1) is 21.5. The van der Waals surface area contributed by atoms with Crippen molar-refractivity contribution >= 4 is 5.91 Å². The molecule has 5 rings (SSSR count). The molecule has 1 amide bonds. The van der Waals surface area contributed by atoms with E-state index in [0.717, 1.165) is 57.5 Å². The number of hydrogen-bond acceptors (Lipinski definition) is 4. The van der Waals surface area contributed by atoms with Gasteiger partial charge in [0.05, 0.1) is 13.2 Å². The Kier molecular flexibility index (Phi) is 6.47. The minimum Gasteiger partial charge on any atom is -0.494 e. The second-order valence-electron chi connectivity index (χ2n) is 9.40. The van der Waals surface area contributed by atoms with Crippen LogP contribution in [0.3, 0.4) is 0 Å². The average Bonchev–Trinajstić information content (AvgIpc) is 2.79. The van der Waals surface area contributed by atoms with E-state index in [1.165, 1.54) is 41.5 Å². The molecule has 0 radical (unpaired) electrons. The Hall–Kier alpha value is -2.37. The summed E-state index contributed by atoms with van der Waals surface area (Å²) >= 11 is 0. The van der Waals surface area contributed by atoms with Crippen LogP contribution in [0.5, 0.6) is 5.75 Å². The summed E-state index contributed by atoms with van der Waals surface area (Å²) in [6, 6.07) is 15.9. The van der Waals surface area contributed by atoms with E-state index in [4.69, 9.17) is 4.74 Å². The van der Waals surface area contributed by atoms with Crippen LogP contribution in [0.1, 0.15) is 37.3 Å². The van der Waals surface area contributed by atoms with Gasteiger partial charge in [-0.1, -0.05) is 36.8 Å². The van der Waals surface area contributed by atoms with Crippen LogP contribution < -0.4 is 4.74 Å². The van der Waals surface area contributed by atoms with Crippen LogP contribution >= 0.6 is 0 Å². The van der Waals surface area contributed by atoms with E-state index in [1.54, 1.807) is 0 Å². The number of hydrogen-bond donors (Lipinski definition) is 0. The fourth-order valence-corrected chi connectivity index (χ4v) is 5.22. The van der Waals surface area contributed by atoms with Crippen LogP contribution in [0.2, 0.25) is 0 Å². The summed E-state index contributed by atoms with van der Waals surface area (Å²) in [6.07, 6.45) is 5.08. The zero-order valence-electron chi connectivity index (χ0n) is 19.3. The number of rotatable bonds is 6. The molecule has 2 aromatic carbocycles. The van der Waals surface area contributed by atoms with Gasteiger partial charge < -0.3 is 9.64 Å². The smallest absolute Gasteiger partial charge is 0.236 e. The van der Waals surface area contributed by atoms with Crippen LogP contribution in [0, 0.1) is 0 Å². The van der Waals surface area contributed by atoms with Gasteiger partial charge in [-0.05, 0) is 60.6 Å². The predicted octanol–water partition coefficient (Wildman–Crippen LogP) is 3.81. The summed E-state index contributed by atoms with van der Waals surface area (Å²) in [4.78, 5) is 19.9. The molecule has 0 aromatic heterocycles. The Morgan fingerprint density at radius 2 is 1.69 bits per heavy atom. The molecule has 0 atom stereocenters. The van der Waals surface area contributed by atoms with Gasteiger partial charge in [0.15, 0.2) is 0 Å². The van der Waals surface area contributed by atoms with Crippen LogP contribution in [-0.2, 0) is 17.8 Å². The molecule has 5 nitrogen and oxygen atoms in total. The van der Waals surface area contributed by atoms with Gasteiger partial charge in [0.2, 0.25) is 5.91 Å². The second kappa shape index (κ2) is 9.63. The van der Waals surface area contributed by atoms with Crippen molar-refractivity contribution in [1.29, 1.82) is 0 Å². The molecule has 32 heavy (non-hydrogen) atoms. The maximum absolute atomic E-state index is 12.9. The highest BCUT2D eigenvalue weighted by Crippen LogP contribution is 2.28. The van der Waals surface area contributed by atoms with Crippen molar-refractivity contribution in [1.82, 2.24) is 14.7 Å². The van der Waals surface area contributed by atoms with E-state index in [9.17, 15) is 4.79 Å². The third-order valence-electron chi connectivity index (χ3n) is 7.41. The SMILES string of the molecule is CCOc1ccc(-c2ccc3c(c2)CCN(CC(=O)N2CCN(C4CCC4)CC2)C3)cc1. The number of fused-ring (bicyclic) bond motifs is 1. The Labute approximate surface area is 191 Å². The zero-order chi connectivity index (χ0) is 21.9. The lowest BCUT2D eigenvalue weighted by Crippen LogP contribution is -2.55. The normalized spacial score (nSPS) is 20.0. The van der Waals surface area contributed by atoms with Gasteiger partial charge in [0.25, 0.3) is 0 Å². The summed E-state index contributed by atoms with van der Waals surface area (Å²) in [5, 5.41) is 0. The van der Waals surface area contributed by atoms with E-state index in [2.05, 4.69) is 45.0 Å². The molecule has 170 valence electrons. The Morgan fingerprint density at radius 1 is 0.938 bits per heavy atom. The largest absolute Gasteiger partial charge is 0.494 e. The zero-order valence-corrected chi connectivity index (χ0v) is 19.3. The van der Waals surface area contributed by atoms with Gasteiger partial charge in [0.1, 0.15) is 5.75 Å². The maximum atomic E-state index is 12.9. The summed E-state index contributed by atoms with van der Waals surface area (Å²) in [5.74, 6) is 1.21. The lowest BCUT2D eigenvalue weighted by molar-refractivity contribution is -0.135. The number of carbonyl (C=O) groups excluding carboxylic acids is 1. The molecular weight excluding hydrogens is 398 g/mol. The Bertz CT molecular complexity index is 930. The van der Waals surface area contributed by atoms with E-state index in [1.807, 2.05) is 19.1 Å². The predicted molar refractivity (Wildman–Crippen MR) is 128 cm³/mol. The van der Waals surface area contributed by atoms with Crippen molar-refractivity contribution in [2.45, 2.75) is 45.2 Å². The Balaban J connectivity index is 1.16. The molecule has 0 unspecified atom stereocenters. The fourth-order valence-electron chi connectivity index (χ4n) is 5.22. The number of carbonyl (C=O) groups is 1. The Morgan fingerprint density at radius 3 is 2.38 bits per heavy atom. The van der Waals surface area contributed by atoms with Crippen molar-refractivity contribution in [2.24, 2.45) is 0 Å². The summed E-state index contributed by atoms with van der Waals surface area (Å²) in [5.41, 5.74) is 5.23. The molecule has 1 saturated heterocycles.